The molecule has 0 bridgehead atoms. The Morgan fingerprint density at radius 2 is 1.05 bits per heavy atom. The first-order valence-corrected chi connectivity index (χ1v) is 24.9. The van der Waals surface area contributed by atoms with E-state index in [-0.39, 0.29) is 62.7 Å². The van der Waals surface area contributed by atoms with Gasteiger partial charge in [-0.05, 0) is 0 Å². The number of benzene rings is 4. The molecule has 6 aliphatic carbocycles. The van der Waals surface area contributed by atoms with Crippen molar-refractivity contribution in [2.45, 2.75) is 65.4 Å². The molecular formula is C55H58Cl2Zr. The molecule has 2 fully saturated rings. The molecule has 6 aliphatic rings. The monoisotopic (exact) mass is 878 g/mol. The average Bonchev–Trinajstić information content (AvgIpc) is 3.80. The van der Waals surface area contributed by atoms with Crippen molar-refractivity contribution in [1.82, 2.24) is 0 Å². The average molecular weight is 881 g/mol. The van der Waals surface area contributed by atoms with Crippen LogP contribution in [0.2, 0.25) is 3.63 Å². The van der Waals surface area contributed by atoms with E-state index in [4.69, 9.17) is 0 Å². The van der Waals surface area contributed by atoms with Gasteiger partial charge in [-0.15, -0.1) is 24.8 Å². The van der Waals surface area contributed by atoms with Crippen LogP contribution in [0, 0.1) is 43.8 Å². The third kappa shape index (κ3) is 4.71. The molecule has 0 saturated heterocycles. The summed E-state index contributed by atoms with van der Waals surface area (Å²) < 4.78 is 3.86. The van der Waals surface area contributed by atoms with Gasteiger partial charge in [0.2, 0.25) is 0 Å². The molecule has 58 heavy (non-hydrogen) atoms. The van der Waals surface area contributed by atoms with Crippen LogP contribution in [0.4, 0.5) is 0 Å². The van der Waals surface area contributed by atoms with Crippen LogP contribution in [0.1, 0.15) is 72.9 Å². The van der Waals surface area contributed by atoms with Crippen LogP contribution in [-0.4, -0.2) is 3.21 Å². The van der Waals surface area contributed by atoms with Crippen molar-refractivity contribution in [2.24, 2.45) is 43.8 Å². The van der Waals surface area contributed by atoms with Crippen molar-refractivity contribution in [3.63, 3.8) is 0 Å². The first-order chi connectivity index (χ1) is 26.8. The van der Waals surface area contributed by atoms with Crippen LogP contribution in [0.15, 0.2) is 179 Å². The summed E-state index contributed by atoms with van der Waals surface area (Å²) in [4.78, 5) is 0. The summed E-state index contributed by atoms with van der Waals surface area (Å²) in [6.07, 6.45) is 36.3. The first kappa shape index (κ1) is 41.4. The van der Waals surface area contributed by atoms with E-state index in [9.17, 15) is 0 Å². The molecule has 2 saturated carbocycles. The summed E-state index contributed by atoms with van der Waals surface area (Å²) in [6.45, 7) is 21.4. The normalized spacial score (nSPS) is 37.2. The summed E-state index contributed by atoms with van der Waals surface area (Å²) in [7, 11) is 0. The maximum absolute atomic E-state index is 3.10. The van der Waals surface area contributed by atoms with Crippen LogP contribution in [0.5, 0.6) is 0 Å². The van der Waals surface area contributed by atoms with Crippen molar-refractivity contribution in [2.75, 3.05) is 0 Å². The largest absolute Gasteiger partial charge is 0.147 e. The SMILES string of the molecule is CC1=CC=CC2[CH]([Zr]([C]3=CC=CC3)=[C](c3ccc4ccccc4c3)c3ccc4ccccc4c3)C3(C)C4(C)C=CC=CC4(C)C4(C)C=CC=CC4(C)C3(C)C12C.Cl.Cl. The van der Waals surface area contributed by atoms with Crippen LogP contribution < -0.4 is 0 Å². The summed E-state index contributed by atoms with van der Waals surface area (Å²) in [5.74, 6) is 0.383. The van der Waals surface area contributed by atoms with Gasteiger partial charge in [-0.25, -0.2) is 0 Å². The van der Waals surface area contributed by atoms with Crippen LogP contribution in [0.3, 0.4) is 0 Å². The molecule has 4 aromatic carbocycles. The maximum atomic E-state index is 2.82. The molecule has 4 aromatic rings. The van der Waals surface area contributed by atoms with Gasteiger partial charge < -0.3 is 0 Å². The van der Waals surface area contributed by atoms with E-state index in [2.05, 4.69) is 225 Å². The molecular weight excluding hydrogens is 823 g/mol. The fourth-order valence-corrected chi connectivity index (χ4v) is 25.7. The summed E-state index contributed by atoms with van der Waals surface area (Å²) in [6, 6.07) is 32.8. The number of rotatable bonds is 4. The Morgan fingerprint density at radius 1 is 0.552 bits per heavy atom. The summed E-state index contributed by atoms with van der Waals surface area (Å²) in [5, 5.41) is 5.27. The predicted octanol–water partition coefficient (Wildman–Crippen LogP) is 15.1. The van der Waals surface area contributed by atoms with E-state index in [0.29, 0.717) is 9.54 Å². The van der Waals surface area contributed by atoms with E-state index < -0.39 is 21.3 Å². The molecule has 0 N–H and O–H groups in total. The van der Waals surface area contributed by atoms with Gasteiger partial charge in [0.15, 0.2) is 0 Å². The minimum Gasteiger partial charge on any atom is -0.147 e. The van der Waals surface area contributed by atoms with E-state index >= 15 is 0 Å². The molecule has 0 heterocycles. The van der Waals surface area contributed by atoms with Crippen molar-refractivity contribution < 1.29 is 21.3 Å². The standard InChI is InChI=1S/C29H37.C21H14.C5H5.2ClH.Zr/c1-21-14-13-15-22-20-27(6)25(4)18-10-9-16-23(25,2)24(3)17-11-12-19-26(24,5)29(27,8)28(21,22)7;1-3-7-20-14-16(9-11-18(20)5-1)13-17-10-12-19-6-2-4-8-21(19)15-17;1-2-4-5-3-1;;;/h9-20,22H,1-8H3;1-12,14-15H;1-3H,4H2;2*1H;. The van der Waals surface area contributed by atoms with Gasteiger partial charge in [-0.2, -0.15) is 0 Å². The van der Waals surface area contributed by atoms with Gasteiger partial charge in [-0.1, -0.05) is 0 Å². The summed E-state index contributed by atoms with van der Waals surface area (Å²) >= 11 is -3.10. The molecule has 0 aromatic heterocycles. The quantitative estimate of drug-likeness (QED) is 0.192. The molecule has 0 spiro atoms. The van der Waals surface area contributed by atoms with E-state index in [1.165, 1.54) is 32.7 Å². The van der Waals surface area contributed by atoms with E-state index in [0.717, 1.165) is 6.42 Å². The van der Waals surface area contributed by atoms with Gasteiger partial charge in [0, 0.05) is 0 Å². The van der Waals surface area contributed by atoms with Gasteiger partial charge in [0.1, 0.15) is 0 Å². The Hall–Kier alpha value is -3.35. The van der Waals surface area contributed by atoms with Crippen molar-refractivity contribution >= 4 is 49.6 Å². The second-order valence-corrected chi connectivity index (χ2v) is 25.6. The molecule has 9 atom stereocenters. The molecule has 9 unspecified atom stereocenters. The van der Waals surface area contributed by atoms with E-state index in [1.807, 2.05) is 0 Å². The zero-order valence-corrected chi connectivity index (χ0v) is 39.4. The van der Waals surface area contributed by atoms with Crippen molar-refractivity contribution in [1.29, 1.82) is 0 Å². The maximum Gasteiger partial charge on any atom is -0.147 e. The van der Waals surface area contributed by atoms with Crippen molar-refractivity contribution in [3.8, 4) is 0 Å². The number of halogens is 2. The topological polar surface area (TPSA) is 0 Å². The van der Waals surface area contributed by atoms with Gasteiger partial charge >= 0.3 is 345 Å². The molecule has 3 heteroatoms. The molecule has 0 nitrogen and oxygen atoms in total. The smallest absolute Gasteiger partial charge is 0.147 e. The van der Waals surface area contributed by atoms with Gasteiger partial charge in [0.25, 0.3) is 0 Å². The fourth-order valence-electron chi connectivity index (χ4n) is 14.6. The number of allylic oxidation sites excluding steroid dienone is 16. The minimum atomic E-state index is -3.10. The second-order valence-electron chi connectivity index (χ2n) is 19.3. The molecule has 0 radical (unpaired) electrons. The Balaban J connectivity index is 0.00000235. The second kappa shape index (κ2) is 13.8. The van der Waals surface area contributed by atoms with Gasteiger partial charge in [0.05, 0.1) is 0 Å². The van der Waals surface area contributed by atoms with Crippen LogP contribution >= 0.6 is 24.8 Å². The third-order valence-electron chi connectivity index (χ3n) is 18.3. The van der Waals surface area contributed by atoms with Crippen LogP contribution in [0.25, 0.3) is 21.5 Å². The molecule has 10 rings (SSSR count). The number of fused-ring (bicyclic) bond motifs is 10. The fraction of sp³-hybridized carbons (Fsp3) is 0.327. The Bertz CT molecular complexity index is 2580. The predicted molar refractivity (Wildman–Crippen MR) is 251 cm³/mol. The minimum absolute atomic E-state index is 0. The van der Waals surface area contributed by atoms with Crippen LogP contribution in [-0.2, 0) is 21.3 Å². The zero-order valence-electron chi connectivity index (χ0n) is 35.3. The number of hydrogen-bond donors (Lipinski definition) is 0. The Morgan fingerprint density at radius 3 is 1.59 bits per heavy atom. The van der Waals surface area contributed by atoms with Crippen molar-refractivity contribution in [3.05, 3.63) is 190 Å². The molecule has 296 valence electrons. The Labute approximate surface area is 367 Å². The van der Waals surface area contributed by atoms with Gasteiger partial charge in [-0.3, -0.25) is 0 Å². The molecule has 0 aliphatic heterocycles. The zero-order chi connectivity index (χ0) is 38.9. The molecule has 0 amide bonds. The number of hydrogen-bond acceptors (Lipinski definition) is 0. The van der Waals surface area contributed by atoms with E-state index in [1.54, 1.807) is 12.1 Å². The first-order valence-electron chi connectivity index (χ1n) is 21.0. The Kier molecular flexibility index (Phi) is 9.88. The third-order valence-corrected chi connectivity index (χ3v) is 27.5. The summed E-state index contributed by atoms with van der Waals surface area (Å²) in [5.41, 5.74) is 3.54.